The number of aromatic nitrogens is 2. The fraction of sp³-hybridized carbons (Fsp3) is 0.200. The molecular formula is C20H21F2N5O. The van der Waals surface area contributed by atoms with Crippen LogP contribution >= 0.6 is 0 Å². The number of halogens is 2. The Hall–Kier alpha value is -3.26. The van der Waals surface area contributed by atoms with Crippen LogP contribution in [0, 0.1) is 11.6 Å². The maximum atomic E-state index is 14.2. The zero-order chi connectivity index (χ0) is 20.1. The Morgan fingerprint density at radius 2 is 1.75 bits per heavy atom. The van der Waals surface area contributed by atoms with Crippen LogP contribution in [0.2, 0.25) is 0 Å². The highest BCUT2D eigenvalue weighted by molar-refractivity contribution is 5.67. The molecule has 0 unspecified atom stereocenters. The molecule has 0 saturated carbocycles. The van der Waals surface area contributed by atoms with Crippen LogP contribution in [-0.4, -0.2) is 10.1 Å². The minimum Gasteiger partial charge on any atom is -0.393 e. The molecule has 0 amide bonds. The standard InChI is InChI=1S/C20H21F2N5O/c1-2-3-11-17(27(24)16-12-7-6-10-15(16)22)18(23)20-25-19(26-28-20)13-8-4-5-9-14(13)21/h4-10,12H,2-3,11,23-24H2,1H3/b18-17-. The maximum Gasteiger partial charge on any atom is 0.275 e. The highest BCUT2D eigenvalue weighted by Crippen LogP contribution is 2.27. The SMILES string of the molecule is CCCC/C(=C(/N)c1nc(-c2ccccc2F)no1)N(N)c1ccccc1F. The molecule has 2 aromatic carbocycles. The number of nitrogens with zero attached hydrogens (tertiary/aromatic N) is 3. The van der Waals surface area contributed by atoms with Crippen molar-refractivity contribution in [2.45, 2.75) is 26.2 Å². The van der Waals surface area contributed by atoms with E-state index in [9.17, 15) is 8.78 Å². The Bertz CT molecular complexity index is 986. The lowest BCUT2D eigenvalue weighted by atomic mass is 10.1. The lowest BCUT2D eigenvalue weighted by Gasteiger charge is -2.23. The van der Waals surface area contributed by atoms with Crippen molar-refractivity contribution < 1.29 is 13.3 Å². The molecule has 0 spiro atoms. The number of anilines is 1. The molecule has 0 aliphatic carbocycles. The van der Waals surface area contributed by atoms with E-state index in [1.807, 2.05) is 6.92 Å². The predicted octanol–water partition coefficient (Wildman–Crippen LogP) is 4.21. The molecule has 0 bridgehead atoms. The van der Waals surface area contributed by atoms with Gasteiger partial charge in [0.05, 0.1) is 16.9 Å². The third-order valence-electron chi connectivity index (χ3n) is 4.25. The van der Waals surface area contributed by atoms with Crippen LogP contribution in [0.15, 0.2) is 58.8 Å². The van der Waals surface area contributed by atoms with Crippen LogP contribution in [0.1, 0.15) is 32.1 Å². The van der Waals surface area contributed by atoms with Crippen molar-refractivity contribution in [3.05, 3.63) is 71.8 Å². The van der Waals surface area contributed by atoms with Gasteiger partial charge in [0.25, 0.3) is 5.89 Å². The average molecular weight is 385 g/mol. The Kier molecular flexibility index (Phi) is 6.00. The summed E-state index contributed by atoms with van der Waals surface area (Å²) in [5, 5.41) is 4.99. The molecule has 1 heterocycles. The molecule has 4 N–H and O–H groups in total. The molecule has 0 radical (unpaired) electrons. The molecule has 8 heteroatoms. The van der Waals surface area contributed by atoms with E-state index in [4.69, 9.17) is 16.1 Å². The van der Waals surface area contributed by atoms with E-state index >= 15 is 0 Å². The molecule has 0 aliphatic heterocycles. The quantitative estimate of drug-likeness (QED) is 0.467. The van der Waals surface area contributed by atoms with E-state index in [1.165, 1.54) is 23.2 Å². The number of benzene rings is 2. The lowest BCUT2D eigenvalue weighted by molar-refractivity contribution is 0.406. The monoisotopic (exact) mass is 385 g/mol. The number of nitrogens with two attached hydrogens (primary N) is 2. The predicted molar refractivity (Wildman–Crippen MR) is 103 cm³/mol. The maximum absolute atomic E-state index is 14.2. The van der Waals surface area contributed by atoms with E-state index in [-0.39, 0.29) is 28.7 Å². The summed E-state index contributed by atoms with van der Waals surface area (Å²) in [5.74, 6) is 5.27. The summed E-state index contributed by atoms with van der Waals surface area (Å²) >= 11 is 0. The minimum absolute atomic E-state index is 0.00357. The van der Waals surface area contributed by atoms with Gasteiger partial charge in [-0.25, -0.2) is 14.6 Å². The first-order valence-electron chi connectivity index (χ1n) is 8.89. The number of hydrogen-bond acceptors (Lipinski definition) is 6. The summed E-state index contributed by atoms with van der Waals surface area (Å²) in [4.78, 5) is 4.19. The van der Waals surface area contributed by atoms with Crippen LogP contribution in [0.3, 0.4) is 0 Å². The highest BCUT2D eigenvalue weighted by atomic mass is 19.1. The van der Waals surface area contributed by atoms with Crippen molar-refractivity contribution >= 4 is 11.4 Å². The molecule has 1 aromatic heterocycles. The summed E-state index contributed by atoms with van der Waals surface area (Å²) in [6, 6.07) is 12.2. The smallest absolute Gasteiger partial charge is 0.275 e. The van der Waals surface area contributed by atoms with Crippen molar-refractivity contribution in [3.8, 4) is 11.4 Å². The van der Waals surface area contributed by atoms with Crippen molar-refractivity contribution in [2.24, 2.45) is 11.6 Å². The van der Waals surface area contributed by atoms with E-state index < -0.39 is 11.6 Å². The molecule has 28 heavy (non-hydrogen) atoms. The van der Waals surface area contributed by atoms with Gasteiger partial charge in [0.1, 0.15) is 17.3 Å². The van der Waals surface area contributed by atoms with E-state index in [1.54, 1.807) is 30.3 Å². The van der Waals surface area contributed by atoms with Gasteiger partial charge in [0.2, 0.25) is 5.82 Å². The zero-order valence-corrected chi connectivity index (χ0v) is 15.4. The Morgan fingerprint density at radius 1 is 1.07 bits per heavy atom. The Labute approximate surface area is 161 Å². The molecule has 0 saturated heterocycles. The topological polar surface area (TPSA) is 94.2 Å². The first-order chi connectivity index (χ1) is 13.5. The summed E-state index contributed by atoms with van der Waals surface area (Å²) in [6.07, 6.45) is 2.13. The summed E-state index contributed by atoms with van der Waals surface area (Å²) in [7, 11) is 0. The van der Waals surface area contributed by atoms with Gasteiger partial charge in [-0.2, -0.15) is 4.98 Å². The van der Waals surface area contributed by atoms with Crippen molar-refractivity contribution in [1.29, 1.82) is 0 Å². The molecule has 0 fully saturated rings. The highest BCUT2D eigenvalue weighted by Gasteiger charge is 2.21. The van der Waals surface area contributed by atoms with Crippen LogP contribution in [0.5, 0.6) is 0 Å². The number of hydrogen-bond donors (Lipinski definition) is 2. The molecule has 3 rings (SSSR count). The number of unbranched alkanes of at least 4 members (excludes halogenated alkanes) is 1. The van der Waals surface area contributed by atoms with Gasteiger partial charge in [0.15, 0.2) is 0 Å². The first kappa shape index (κ1) is 19.5. The third kappa shape index (κ3) is 4.01. The molecule has 0 atom stereocenters. The van der Waals surface area contributed by atoms with E-state index in [2.05, 4.69) is 10.1 Å². The molecular weight excluding hydrogens is 364 g/mol. The van der Waals surface area contributed by atoms with Crippen LogP contribution in [0.25, 0.3) is 17.1 Å². The van der Waals surface area contributed by atoms with Gasteiger partial charge in [-0.3, -0.25) is 5.01 Å². The van der Waals surface area contributed by atoms with Gasteiger partial charge >= 0.3 is 0 Å². The van der Waals surface area contributed by atoms with Crippen LogP contribution < -0.4 is 16.6 Å². The number of rotatable bonds is 7. The zero-order valence-electron chi connectivity index (χ0n) is 15.4. The van der Waals surface area contributed by atoms with Crippen LogP contribution in [0.4, 0.5) is 14.5 Å². The van der Waals surface area contributed by atoms with Gasteiger partial charge in [0, 0.05) is 0 Å². The van der Waals surface area contributed by atoms with Gasteiger partial charge in [-0.15, -0.1) is 0 Å². The van der Waals surface area contributed by atoms with Crippen molar-refractivity contribution in [2.75, 3.05) is 5.01 Å². The third-order valence-corrected chi connectivity index (χ3v) is 4.25. The average Bonchev–Trinajstić information content (AvgIpc) is 3.18. The van der Waals surface area contributed by atoms with Gasteiger partial charge < -0.3 is 10.3 Å². The van der Waals surface area contributed by atoms with Gasteiger partial charge in [-0.05, 0) is 37.1 Å². The number of para-hydroxylation sites is 1. The minimum atomic E-state index is -0.482. The fourth-order valence-corrected chi connectivity index (χ4v) is 2.73. The van der Waals surface area contributed by atoms with Crippen molar-refractivity contribution in [1.82, 2.24) is 10.1 Å². The largest absolute Gasteiger partial charge is 0.393 e. The molecule has 146 valence electrons. The number of hydrazine groups is 1. The summed E-state index contributed by atoms with van der Waals surface area (Å²) in [6.45, 7) is 2.01. The second kappa shape index (κ2) is 8.62. The van der Waals surface area contributed by atoms with Gasteiger partial charge in [-0.1, -0.05) is 42.8 Å². The Balaban J connectivity index is 2.01. The summed E-state index contributed by atoms with van der Waals surface area (Å²) < 4.78 is 33.4. The lowest BCUT2D eigenvalue weighted by Crippen LogP contribution is -2.33. The Morgan fingerprint density at radius 3 is 2.43 bits per heavy atom. The normalized spacial score (nSPS) is 12.0. The second-order valence-electron chi connectivity index (χ2n) is 6.19. The molecule has 3 aromatic rings. The fourth-order valence-electron chi connectivity index (χ4n) is 2.73. The number of allylic oxidation sites excluding steroid dienone is 1. The van der Waals surface area contributed by atoms with E-state index in [0.717, 1.165) is 12.8 Å². The second-order valence-corrected chi connectivity index (χ2v) is 6.19. The molecule has 0 aliphatic rings. The van der Waals surface area contributed by atoms with Crippen molar-refractivity contribution in [3.63, 3.8) is 0 Å². The summed E-state index contributed by atoms with van der Waals surface area (Å²) in [5.41, 5.74) is 7.17. The van der Waals surface area contributed by atoms with Crippen LogP contribution in [-0.2, 0) is 0 Å². The van der Waals surface area contributed by atoms with E-state index in [0.29, 0.717) is 12.1 Å². The first-order valence-corrected chi connectivity index (χ1v) is 8.89. The molecule has 6 nitrogen and oxygen atoms in total.